The molecular weight excluding hydrogens is 398 g/mol. The van der Waals surface area contributed by atoms with E-state index < -0.39 is 15.9 Å². The molecule has 0 fully saturated rings. The molecule has 2 rings (SSSR count). The van der Waals surface area contributed by atoms with Gasteiger partial charge in [-0.25, -0.2) is 13.1 Å². The molecule has 158 valence electrons. The Hall–Kier alpha value is -2.94. The molecule has 0 aromatic heterocycles. The second-order valence-corrected chi connectivity index (χ2v) is 7.88. The second kappa shape index (κ2) is 9.51. The first kappa shape index (κ1) is 22.4. The summed E-state index contributed by atoms with van der Waals surface area (Å²) in [6.45, 7) is 1.73. The van der Waals surface area contributed by atoms with Gasteiger partial charge in [-0.15, -0.1) is 0 Å². The minimum absolute atomic E-state index is 0.00284. The lowest BCUT2D eigenvalue weighted by atomic mass is 10.1. The number of ether oxygens (including phenoxy) is 4. The highest BCUT2D eigenvalue weighted by atomic mass is 32.2. The van der Waals surface area contributed by atoms with E-state index in [1.165, 1.54) is 40.6 Å². The Labute approximate surface area is 170 Å². The summed E-state index contributed by atoms with van der Waals surface area (Å²) >= 11 is 0. The first-order valence-electron chi connectivity index (χ1n) is 8.75. The molecule has 0 radical (unpaired) electrons. The number of rotatable bonds is 9. The Balaban J connectivity index is 2.10. The van der Waals surface area contributed by atoms with Crippen LogP contribution in [0.4, 0.5) is 0 Å². The smallest absolute Gasteiger partial charge is 0.264 e. The average Bonchev–Trinajstić information content (AvgIpc) is 2.70. The van der Waals surface area contributed by atoms with Crippen molar-refractivity contribution in [2.24, 2.45) is 0 Å². The van der Waals surface area contributed by atoms with E-state index in [0.29, 0.717) is 35.0 Å². The molecule has 0 saturated heterocycles. The molecule has 0 saturated carbocycles. The Kier molecular flexibility index (Phi) is 7.33. The molecule has 0 aliphatic carbocycles. The lowest BCUT2D eigenvalue weighted by Crippen LogP contribution is -2.30. The zero-order chi connectivity index (χ0) is 21.6. The van der Waals surface area contributed by atoms with Crippen molar-refractivity contribution < 1.29 is 32.2 Å². The number of carbonyl (C=O) groups is 1. The summed E-state index contributed by atoms with van der Waals surface area (Å²) in [6, 6.07) is 7.82. The molecule has 0 aliphatic heterocycles. The first-order chi connectivity index (χ1) is 13.7. The second-order valence-electron chi connectivity index (χ2n) is 6.19. The molecule has 9 heteroatoms. The predicted octanol–water partition coefficient (Wildman–Crippen LogP) is 2.47. The predicted molar refractivity (Wildman–Crippen MR) is 107 cm³/mol. The van der Waals surface area contributed by atoms with Gasteiger partial charge >= 0.3 is 0 Å². The number of benzene rings is 2. The van der Waals surface area contributed by atoms with E-state index >= 15 is 0 Å². The van der Waals surface area contributed by atoms with Crippen molar-refractivity contribution >= 4 is 15.9 Å². The van der Waals surface area contributed by atoms with Crippen molar-refractivity contribution in [3.8, 4) is 23.0 Å². The summed E-state index contributed by atoms with van der Waals surface area (Å²) in [5.41, 5.74) is 1.40. The fourth-order valence-corrected chi connectivity index (χ4v) is 3.91. The Morgan fingerprint density at radius 1 is 0.897 bits per heavy atom. The minimum atomic E-state index is -3.97. The summed E-state index contributed by atoms with van der Waals surface area (Å²) in [5, 5.41) is 0. The molecule has 0 atom stereocenters. The van der Waals surface area contributed by atoms with Crippen molar-refractivity contribution in [1.82, 2.24) is 4.72 Å². The molecule has 29 heavy (non-hydrogen) atoms. The van der Waals surface area contributed by atoms with Gasteiger partial charge in [-0.3, -0.25) is 4.79 Å². The van der Waals surface area contributed by atoms with Gasteiger partial charge in [0.1, 0.15) is 5.75 Å². The van der Waals surface area contributed by atoms with Crippen molar-refractivity contribution in [3.05, 3.63) is 41.5 Å². The summed E-state index contributed by atoms with van der Waals surface area (Å²) in [7, 11) is 2.02. The SMILES string of the molecule is COc1ccc(S(=O)(=O)NC(=O)CCc2cc(OC)c(OC)c(OC)c2)cc1C. The van der Waals surface area contributed by atoms with Crippen LogP contribution in [0.5, 0.6) is 23.0 Å². The molecular formula is C20H25NO7S. The molecule has 1 amide bonds. The van der Waals surface area contributed by atoms with Crippen molar-refractivity contribution in [3.63, 3.8) is 0 Å². The lowest BCUT2D eigenvalue weighted by molar-refractivity contribution is -0.119. The molecule has 2 aromatic carbocycles. The van der Waals surface area contributed by atoms with Crippen LogP contribution < -0.4 is 23.7 Å². The number of carbonyl (C=O) groups excluding carboxylic acids is 1. The number of aryl methyl sites for hydroxylation is 2. The first-order valence-corrected chi connectivity index (χ1v) is 10.2. The van der Waals surface area contributed by atoms with Crippen molar-refractivity contribution in [1.29, 1.82) is 0 Å². The zero-order valence-corrected chi connectivity index (χ0v) is 17.9. The third-order valence-electron chi connectivity index (χ3n) is 4.29. The van der Waals surface area contributed by atoms with Gasteiger partial charge in [0.25, 0.3) is 10.0 Å². The molecule has 0 unspecified atom stereocenters. The largest absolute Gasteiger partial charge is 0.496 e. The highest BCUT2D eigenvalue weighted by Crippen LogP contribution is 2.38. The quantitative estimate of drug-likeness (QED) is 0.661. The van der Waals surface area contributed by atoms with E-state index in [-0.39, 0.29) is 11.3 Å². The number of amides is 1. The number of hydrogen-bond acceptors (Lipinski definition) is 7. The van der Waals surface area contributed by atoms with E-state index in [0.717, 1.165) is 5.56 Å². The van der Waals surface area contributed by atoms with Crippen LogP contribution in [0.3, 0.4) is 0 Å². The fraction of sp³-hybridized carbons (Fsp3) is 0.350. The molecule has 0 heterocycles. The highest BCUT2D eigenvalue weighted by molar-refractivity contribution is 7.90. The van der Waals surface area contributed by atoms with Gasteiger partial charge < -0.3 is 18.9 Å². The van der Waals surface area contributed by atoms with E-state index in [2.05, 4.69) is 4.72 Å². The summed E-state index contributed by atoms with van der Waals surface area (Å²) in [4.78, 5) is 12.2. The van der Waals surface area contributed by atoms with Crippen LogP contribution in [0.25, 0.3) is 0 Å². The molecule has 2 aromatic rings. The maximum atomic E-state index is 12.5. The number of nitrogens with one attached hydrogen (secondary N) is 1. The highest BCUT2D eigenvalue weighted by Gasteiger charge is 2.19. The van der Waals surface area contributed by atoms with Gasteiger partial charge in [0.05, 0.1) is 33.3 Å². The topological polar surface area (TPSA) is 100 Å². The standard InChI is InChI=1S/C20H25NO7S/c1-13-10-15(7-8-16(13)25-2)29(23,24)21-19(22)9-6-14-11-17(26-3)20(28-5)18(12-14)27-4/h7-8,10-12H,6,9H2,1-5H3,(H,21,22). The molecule has 0 spiro atoms. The summed E-state index contributed by atoms with van der Waals surface area (Å²) in [5.74, 6) is 1.32. The molecule has 0 aliphatic rings. The molecule has 8 nitrogen and oxygen atoms in total. The van der Waals surface area contributed by atoms with Crippen LogP contribution in [-0.2, 0) is 21.2 Å². The van der Waals surface area contributed by atoms with Gasteiger partial charge in [0.15, 0.2) is 11.5 Å². The molecule has 0 bridgehead atoms. The normalized spacial score (nSPS) is 10.9. The lowest BCUT2D eigenvalue weighted by Gasteiger charge is -2.14. The van der Waals surface area contributed by atoms with Gasteiger partial charge in [-0.05, 0) is 54.8 Å². The third-order valence-corrected chi connectivity index (χ3v) is 5.66. The van der Waals surface area contributed by atoms with E-state index in [4.69, 9.17) is 18.9 Å². The maximum Gasteiger partial charge on any atom is 0.264 e. The van der Waals surface area contributed by atoms with Crippen molar-refractivity contribution in [2.75, 3.05) is 28.4 Å². The summed E-state index contributed by atoms with van der Waals surface area (Å²) in [6.07, 6.45) is 0.257. The Bertz CT molecular complexity index is 961. The van der Waals surface area contributed by atoms with Crippen molar-refractivity contribution in [2.45, 2.75) is 24.7 Å². The van der Waals surface area contributed by atoms with Crippen LogP contribution >= 0.6 is 0 Å². The van der Waals surface area contributed by atoms with E-state index in [9.17, 15) is 13.2 Å². The molecule has 1 N–H and O–H groups in total. The summed E-state index contributed by atoms with van der Waals surface area (Å²) < 4.78 is 48.0. The zero-order valence-electron chi connectivity index (χ0n) is 17.1. The number of hydrogen-bond donors (Lipinski definition) is 1. The number of sulfonamides is 1. The third kappa shape index (κ3) is 5.32. The minimum Gasteiger partial charge on any atom is -0.496 e. The van der Waals surface area contributed by atoms with E-state index in [1.54, 1.807) is 25.1 Å². The van der Waals surface area contributed by atoms with Gasteiger partial charge in [-0.1, -0.05) is 0 Å². The Morgan fingerprint density at radius 3 is 1.97 bits per heavy atom. The van der Waals surface area contributed by atoms with Crippen LogP contribution in [0, 0.1) is 6.92 Å². The van der Waals surface area contributed by atoms with Crippen LogP contribution in [0.15, 0.2) is 35.2 Å². The monoisotopic (exact) mass is 423 g/mol. The Morgan fingerprint density at radius 2 is 1.48 bits per heavy atom. The van der Waals surface area contributed by atoms with Gasteiger partial charge in [-0.2, -0.15) is 0 Å². The fourth-order valence-electron chi connectivity index (χ4n) is 2.82. The van der Waals surface area contributed by atoms with Crippen LogP contribution in [0.1, 0.15) is 17.5 Å². The number of methoxy groups -OCH3 is 4. The van der Waals surface area contributed by atoms with Gasteiger partial charge in [0, 0.05) is 6.42 Å². The van der Waals surface area contributed by atoms with Gasteiger partial charge in [0.2, 0.25) is 11.7 Å². The van der Waals surface area contributed by atoms with E-state index in [1.807, 2.05) is 0 Å². The maximum absolute atomic E-state index is 12.5. The van der Waals surface area contributed by atoms with Crippen LogP contribution in [-0.4, -0.2) is 42.8 Å². The average molecular weight is 423 g/mol. The van der Waals surface area contributed by atoms with Crippen LogP contribution in [0.2, 0.25) is 0 Å².